The highest BCUT2D eigenvalue weighted by atomic mass is 16.3. The molecule has 3 rings (SSSR count). The molecule has 2 saturated heterocycles. The molecule has 3 N–H and O–H groups in total. The minimum absolute atomic E-state index is 0.0845. The van der Waals surface area contributed by atoms with Crippen LogP contribution in [0, 0.1) is 5.92 Å². The number of urea groups is 2. The lowest BCUT2D eigenvalue weighted by Crippen LogP contribution is -2.71. The monoisotopic (exact) mass is 304 g/mol. The smallest absolute Gasteiger partial charge is 0.319 e. The van der Waals surface area contributed by atoms with Crippen LogP contribution in [0.15, 0.2) is 24.3 Å². The molecule has 2 aliphatic heterocycles. The molecule has 0 aromatic heterocycles. The van der Waals surface area contributed by atoms with Crippen LogP contribution in [0.1, 0.15) is 18.5 Å². The van der Waals surface area contributed by atoms with Crippen molar-refractivity contribution in [2.24, 2.45) is 5.92 Å². The fourth-order valence-electron chi connectivity index (χ4n) is 3.46. The first-order valence-electron chi connectivity index (χ1n) is 7.26. The van der Waals surface area contributed by atoms with Gasteiger partial charge in [0.25, 0.3) is 0 Å². The number of fused-ring (bicyclic) bond motifs is 1. The molecule has 0 radical (unpaired) electrons. The Labute approximate surface area is 128 Å². The number of hydrogen-bond acceptors (Lipinski definition) is 3. The summed E-state index contributed by atoms with van der Waals surface area (Å²) in [5, 5.41) is 16.0. The second kappa shape index (κ2) is 5.08. The van der Waals surface area contributed by atoms with E-state index < -0.39 is 6.17 Å². The van der Waals surface area contributed by atoms with Gasteiger partial charge in [-0.3, -0.25) is 0 Å². The van der Waals surface area contributed by atoms with Gasteiger partial charge in [0.05, 0.1) is 6.04 Å². The summed E-state index contributed by atoms with van der Waals surface area (Å²) in [4.78, 5) is 27.3. The number of phenols is 1. The molecule has 118 valence electrons. The van der Waals surface area contributed by atoms with Crippen molar-refractivity contribution in [1.82, 2.24) is 20.4 Å². The van der Waals surface area contributed by atoms with E-state index in [0.29, 0.717) is 5.56 Å². The van der Waals surface area contributed by atoms with Crippen LogP contribution in [0.4, 0.5) is 9.59 Å². The third-order valence-corrected chi connectivity index (χ3v) is 4.66. The van der Waals surface area contributed by atoms with E-state index in [1.165, 1.54) is 4.90 Å². The first-order valence-corrected chi connectivity index (χ1v) is 7.26. The van der Waals surface area contributed by atoms with E-state index in [1.54, 1.807) is 31.1 Å². The third-order valence-electron chi connectivity index (χ3n) is 4.66. The number of nitrogens with zero attached hydrogens (tertiary/aromatic N) is 2. The SMILES string of the molecule is C[C@@H]1NC(=O)N(C)[C@H]2NC(=O)N(C)[C@H](c3ccccc3O)[C@H]12. The van der Waals surface area contributed by atoms with E-state index in [9.17, 15) is 14.7 Å². The van der Waals surface area contributed by atoms with Crippen LogP contribution in [-0.2, 0) is 0 Å². The number of hydrogen-bond donors (Lipinski definition) is 3. The quantitative estimate of drug-likeness (QED) is 0.725. The Bertz CT molecular complexity index is 621. The number of para-hydroxylation sites is 1. The van der Waals surface area contributed by atoms with Crippen molar-refractivity contribution >= 4 is 12.1 Å². The zero-order chi connectivity index (χ0) is 16.0. The first-order chi connectivity index (χ1) is 10.4. The lowest BCUT2D eigenvalue weighted by Gasteiger charge is -2.52. The molecule has 2 aliphatic rings. The highest BCUT2D eigenvalue weighted by Crippen LogP contribution is 2.41. The number of amides is 4. The number of phenolic OH excluding ortho intramolecular Hbond substituents is 1. The van der Waals surface area contributed by atoms with Crippen LogP contribution in [0.3, 0.4) is 0 Å². The van der Waals surface area contributed by atoms with E-state index in [0.717, 1.165) is 0 Å². The molecule has 0 aliphatic carbocycles. The van der Waals surface area contributed by atoms with Gasteiger partial charge >= 0.3 is 12.1 Å². The highest BCUT2D eigenvalue weighted by molar-refractivity contribution is 5.80. The molecule has 1 aromatic carbocycles. The first kappa shape index (κ1) is 14.5. The summed E-state index contributed by atoms with van der Waals surface area (Å²) in [6.45, 7) is 1.92. The summed E-state index contributed by atoms with van der Waals surface area (Å²) in [5.41, 5.74) is 0.686. The molecule has 0 bridgehead atoms. The summed E-state index contributed by atoms with van der Waals surface area (Å²) >= 11 is 0. The summed E-state index contributed by atoms with van der Waals surface area (Å²) < 4.78 is 0. The lowest BCUT2D eigenvalue weighted by molar-refractivity contribution is 0.0241. The van der Waals surface area contributed by atoms with Crippen LogP contribution in [-0.4, -0.2) is 53.3 Å². The number of carbonyl (C=O) groups excluding carboxylic acids is 2. The van der Waals surface area contributed by atoms with Gasteiger partial charge in [-0.1, -0.05) is 18.2 Å². The molecule has 7 nitrogen and oxygen atoms in total. The second-order valence-corrected chi connectivity index (χ2v) is 5.94. The van der Waals surface area contributed by atoms with Gasteiger partial charge in [0, 0.05) is 31.6 Å². The summed E-state index contributed by atoms with van der Waals surface area (Å²) in [6, 6.07) is 6.07. The lowest BCUT2D eigenvalue weighted by atomic mass is 9.81. The van der Waals surface area contributed by atoms with Crippen LogP contribution in [0.2, 0.25) is 0 Å². The number of carbonyl (C=O) groups is 2. The van der Waals surface area contributed by atoms with Gasteiger partial charge in [-0.25, -0.2) is 9.59 Å². The second-order valence-electron chi connectivity index (χ2n) is 5.94. The summed E-state index contributed by atoms with van der Waals surface area (Å²) in [6.07, 6.45) is -0.406. The Balaban J connectivity index is 2.08. The summed E-state index contributed by atoms with van der Waals surface area (Å²) in [7, 11) is 3.36. The van der Waals surface area contributed by atoms with Gasteiger partial charge in [-0.05, 0) is 13.0 Å². The van der Waals surface area contributed by atoms with Crippen molar-refractivity contribution in [1.29, 1.82) is 0 Å². The van der Waals surface area contributed by atoms with Crippen molar-refractivity contribution in [3.8, 4) is 5.75 Å². The molecule has 7 heteroatoms. The molecule has 1 aromatic rings. The minimum Gasteiger partial charge on any atom is -0.508 e. The third kappa shape index (κ3) is 2.04. The Morgan fingerprint density at radius 1 is 1.05 bits per heavy atom. The average molecular weight is 304 g/mol. The van der Waals surface area contributed by atoms with Crippen molar-refractivity contribution in [2.45, 2.75) is 25.2 Å². The van der Waals surface area contributed by atoms with Gasteiger partial charge in [-0.15, -0.1) is 0 Å². The van der Waals surface area contributed by atoms with Gasteiger partial charge in [0.2, 0.25) is 0 Å². The van der Waals surface area contributed by atoms with Crippen molar-refractivity contribution in [3.05, 3.63) is 29.8 Å². The highest BCUT2D eigenvalue weighted by Gasteiger charge is 2.50. The van der Waals surface area contributed by atoms with E-state index in [1.807, 2.05) is 19.1 Å². The van der Waals surface area contributed by atoms with Gasteiger partial charge in [0.15, 0.2) is 0 Å². The minimum atomic E-state index is -0.406. The van der Waals surface area contributed by atoms with Gasteiger partial charge in [-0.2, -0.15) is 0 Å². The summed E-state index contributed by atoms with van der Waals surface area (Å²) in [5.74, 6) is 0.0678. The largest absolute Gasteiger partial charge is 0.508 e. The van der Waals surface area contributed by atoms with E-state index in [2.05, 4.69) is 10.6 Å². The molecule has 2 heterocycles. The molecule has 22 heavy (non-hydrogen) atoms. The Morgan fingerprint density at radius 2 is 1.68 bits per heavy atom. The van der Waals surface area contributed by atoms with Crippen molar-refractivity contribution < 1.29 is 14.7 Å². The van der Waals surface area contributed by atoms with Crippen molar-refractivity contribution in [2.75, 3.05) is 14.1 Å². The Morgan fingerprint density at radius 3 is 2.36 bits per heavy atom. The molecule has 4 atom stereocenters. The van der Waals surface area contributed by atoms with Gasteiger partial charge in [0.1, 0.15) is 11.9 Å². The van der Waals surface area contributed by atoms with Gasteiger partial charge < -0.3 is 25.5 Å². The topological polar surface area (TPSA) is 84.9 Å². The average Bonchev–Trinajstić information content (AvgIpc) is 2.48. The predicted octanol–water partition coefficient (Wildman–Crippen LogP) is 1.07. The van der Waals surface area contributed by atoms with Crippen LogP contribution < -0.4 is 10.6 Å². The zero-order valence-electron chi connectivity index (χ0n) is 12.8. The molecule has 0 spiro atoms. The molecular weight excluding hydrogens is 284 g/mol. The number of nitrogens with one attached hydrogen (secondary N) is 2. The maximum absolute atomic E-state index is 12.3. The molecule has 0 unspecified atom stereocenters. The van der Waals surface area contributed by atoms with Crippen LogP contribution in [0.25, 0.3) is 0 Å². The molecular formula is C15H20N4O3. The molecule has 2 fully saturated rings. The maximum atomic E-state index is 12.3. The van der Waals surface area contributed by atoms with E-state index in [4.69, 9.17) is 0 Å². The maximum Gasteiger partial charge on any atom is 0.319 e. The fourth-order valence-corrected chi connectivity index (χ4v) is 3.46. The Hall–Kier alpha value is -2.44. The molecule has 0 saturated carbocycles. The zero-order valence-corrected chi connectivity index (χ0v) is 12.8. The number of rotatable bonds is 1. The normalized spacial score (nSPS) is 31.4. The van der Waals surface area contributed by atoms with Crippen molar-refractivity contribution in [3.63, 3.8) is 0 Å². The Kier molecular flexibility index (Phi) is 3.35. The standard InChI is InChI=1S/C15H20N4O3/c1-8-11-12(9-6-4-5-7-10(9)20)18(2)15(22)17-13(11)19(3)14(21)16-8/h4-8,11-13,20H,1-3H3,(H,16,21)(H,17,22)/t8-,11-,12+,13+/m0/s1. The van der Waals surface area contributed by atoms with Crippen LogP contribution in [0.5, 0.6) is 5.75 Å². The molecule has 4 amide bonds. The number of aromatic hydroxyl groups is 1. The fraction of sp³-hybridized carbons (Fsp3) is 0.467. The van der Waals surface area contributed by atoms with Crippen LogP contribution >= 0.6 is 0 Å². The van der Waals surface area contributed by atoms with E-state index >= 15 is 0 Å². The van der Waals surface area contributed by atoms with E-state index in [-0.39, 0.29) is 35.8 Å². The number of benzene rings is 1. The predicted molar refractivity (Wildman–Crippen MR) is 80.2 cm³/mol.